The van der Waals surface area contributed by atoms with E-state index in [4.69, 9.17) is 4.74 Å². The molecule has 0 saturated carbocycles. The molecule has 1 aromatic carbocycles. The lowest BCUT2D eigenvalue weighted by Gasteiger charge is -2.35. The van der Waals surface area contributed by atoms with Crippen LogP contribution in [0.5, 0.6) is 0 Å². The number of rotatable bonds is 8. The summed E-state index contributed by atoms with van der Waals surface area (Å²) in [5.74, 6) is 0.752. The molecule has 0 spiro atoms. The zero-order chi connectivity index (χ0) is 20.4. The van der Waals surface area contributed by atoms with Gasteiger partial charge in [0.1, 0.15) is 0 Å². The van der Waals surface area contributed by atoms with Crippen molar-refractivity contribution >= 4 is 35.8 Å². The average molecular weight is 517 g/mol. The number of amides is 1. The molecule has 0 bridgehead atoms. The molecule has 0 aliphatic carbocycles. The number of carbonyl (C=O) groups excluding carboxylic acids is 1. The van der Waals surface area contributed by atoms with Crippen LogP contribution < -0.4 is 16.0 Å². The first-order chi connectivity index (χ1) is 13.5. The Labute approximate surface area is 192 Å². The molecule has 1 fully saturated rings. The Kier molecular flexibility index (Phi) is 12.2. The molecule has 164 valence electrons. The van der Waals surface area contributed by atoms with E-state index in [1.807, 2.05) is 24.3 Å². The Hall–Kier alpha value is -1.39. The second-order valence-electron chi connectivity index (χ2n) is 7.33. The molecule has 2 atom stereocenters. The summed E-state index contributed by atoms with van der Waals surface area (Å²) < 4.78 is 5.78. The molecule has 7 nitrogen and oxygen atoms in total. The van der Waals surface area contributed by atoms with Gasteiger partial charge >= 0.3 is 0 Å². The van der Waals surface area contributed by atoms with E-state index in [0.29, 0.717) is 17.8 Å². The first-order valence-electron chi connectivity index (χ1n) is 10.1. The normalized spacial score (nSPS) is 19.9. The molecule has 3 N–H and O–H groups in total. The molecule has 8 heteroatoms. The smallest absolute Gasteiger partial charge is 0.251 e. The summed E-state index contributed by atoms with van der Waals surface area (Å²) in [7, 11) is 3.43. The highest BCUT2D eigenvalue weighted by molar-refractivity contribution is 14.0. The van der Waals surface area contributed by atoms with Gasteiger partial charge in [0.15, 0.2) is 5.96 Å². The van der Waals surface area contributed by atoms with Crippen molar-refractivity contribution in [3.05, 3.63) is 35.4 Å². The van der Waals surface area contributed by atoms with E-state index in [1.54, 1.807) is 14.1 Å². The van der Waals surface area contributed by atoms with Gasteiger partial charge in [0.05, 0.1) is 12.2 Å². The van der Waals surface area contributed by atoms with Crippen LogP contribution in [0, 0.1) is 0 Å². The van der Waals surface area contributed by atoms with Gasteiger partial charge in [-0.3, -0.25) is 14.7 Å². The number of hydrogen-bond donors (Lipinski definition) is 3. The van der Waals surface area contributed by atoms with Gasteiger partial charge in [-0.05, 0) is 44.4 Å². The number of morpholine rings is 1. The molecular weight excluding hydrogens is 481 g/mol. The minimum atomic E-state index is -0.0589. The first kappa shape index (κ1) is 25.6. The minimum Gasteiger partial charge on any atom is -0.373 e. The van der Waals surface area contributed by atoms with Gasteiger partial charge in [0.25, 0.3) is 5.91 Å². The SMILES string of the molecule is CN=C(NCCCN1CC(C)OC(C)C1)NCCc1cccc(C(=O)NC)c1.I. The van der Waals surface area contributed by atoms with Crippen LogP contribution in [-0.2, 0) is 11.2 Å². The molecule has 1 aliphatic rings. The van der Waals surface area contributed by atoms with Gasteiger partial charge in [0.2, 0.25) is 0 Å². The zero-order valence-corrected chi connectivity index (χ0v) is 20.4. The molecule has 1 saturated heterocycles. The number of guanidine groups is 1. The first-order valence-corrected chi connectivity index (χ1v) is 10.1. The van der Waals surface area contributed by atoms with Crippen LogP contribution in [0.1, 0.15) is 36.2 Å². The topological polar surface area (TPSA) is 78.0 Å². The summed E-state index contributed by atoms with van der Waals surface area (Å²) >= 11 is 0. The van der Waals surface area contributed by atoms with Crippen LogP contribution in [0.25, 0.3) is 0 Å². The maximum Gasteiger partial charge on any atom is 0.251 e. The van der Waals surface area contributed by atoms with E-state index < -0.39 is 0 Å². The molecule has 1 aromatic rings. The highest BCUT2D eigenvalue weighted by Gasteiger charge is 2.21. The van der Waals surface area contributed by atoms with Crippen molar-refractivity contribution < 1.29 is 9.53 Å². The molecule has 2 unspecified atom stereocenters. The molecule has 29 heavy (non-hydrogen) atoms. The Balaban J connectivity index is 0.00000420. The summed E-state index contributed by atoms with van der Waals surface area (Å²) in [5, 5.41) is 9.37. The summed E-state index contributed by atoms with van der Waals surface area (Å²) in [6.45, 7) is 8.99. The lowest BCUT2D eigenvalue weighted by atomic mass is 10.1. The molecule has 0 aromatic heterocycles. The van der Waals surface area contributed by atoms with Crippen LogP contribution in [0.4, 0.5) is 0 Å². The van der Waals surface area contributed by atoms with Gasteiger partial charge in [-0.2, -0.15) is 0 Å². The van der Waals surface area contributed by atoms with Crippen molar-refractivity contribution in [3.8, 4) is 0 Å². The van der Waals surface area contributed by atoms with E-state index in [2.05, 4.69) is 39.7 Å². The third-order valence-electron chi connectivity index (χ3n) is 4.78. The molecule has 0 radical (unpaired) electrons. The number of hydrogen-bond acceptors (Lipinski definition) is 4. The van der Waals surface area contributed by atoms with Crippen LogP contribution in [0.2, 0.25) is 0 Å². The maximum atomic E-state index is 11.7. The molecule has 2 rings (SSSR count). The van der Waals surface area contributed by atoms with Gasteiger partial charge < -0.3 is 20.7 Å². The third-order valence-corrected chi connectivity index (χ3v) is 4.78. The largest absolute Gasteiger partial charge is 0.373 e. The van der Waals surface area contributed by atoms with Crippen molar-refractivity contribution in [1.82, 2.24) is 20.9 Å². The lowest BCUT2D eigenvalue weighted by Crippen LogP contribution is -2.46. The predicted octanol–water partition coefficient (Wildman–Crippen LogP) is 1.87. The number of aliphatic imine (C=N–C) groups is 1. The average Bonchev–Trinajstić information content (AvgIpc) is 2.68. The fourth-order valence-electron chi connectivity index (χ4n) is 3.53. The minimum absolute atomic E-state index is 0. The summed E-state index contributed by atoms with van der Waals surface area (Å²) in [6, 6.07) is 7.71. The fourth-order valence-corrected chi connectivity index (χ4v) is 3.53. The predicted molar refractivity (Wildman–Crippen MR) is 129 cm³/mol. The Morgan fingerprint density at radius 1 is 1.21 bits per heavy atom. The quantitative estimate of drug-likeness (QED) is 0.213. The van der Waals surface area contributed by atoms with Crippen molar-refractivity contribution in [2.24, 2.45) is 4.99 Å². The Morgan fingerprint density at radius 2 is 1.90 bits per heavy atom. The molecule has 1 amide bonds. The number of nitrogens with zero attached hydrogens (tertiary/aromatic N) is 2. The van der Waals surface area contributed by atoms with Crippen molar-refractivity contribution in [3.63, 3.8) is 0 Å². The van der Waals surface area contributed by atoms with Crippen LogP contribution in [0.3, 0.4) is 0 Å². The molecule has 1 aliphatic heterocycles. The van der Waals surface area contributed by atoms with Crippen LogP contribution in [-0.4, -0.2) is 75.8 Å². The second kappa shape index (κ2) is 13.8. The monoisotopic (exact) mass is 517 g/mol. The van der Waals surface area contributed by atoms with Gasteiger partial charge in [-0.15, -0.1) is 24.0 Å². The number of carbonyl (C=O) groups is 1. The molecule has 1 heterocycles. The summed E-state index contributed by atoms with van der Waals surface area (Å²) in [6.07, 6.45) is 2.52. The van der Waals surface area contributed by atoms with Gasteiger partial charge in [0, 0.05) is 52.4 Å². The van der Waals surface area contributed by atoms with Crippen molar-refractivity contribution in [2.75, 3.05) is 46.8 Å². The van der Waals surface area contributed by atoms with Crippen LogP contribution in [0.15, 0.2) is 29.3 Å². The van der Waals surface area contributed by atoms with Gasteiger partial charge in [-0.1, -0.05) is 12.1 Å². The number of halogens is 1. The lowest BCUT2D eigenvalue weighted by molar-refractivity contribution is -0.0679. The highest BCUT2D eigenvalue weighted by atomic mass is 127. The van der Waals surface area contributed by atoms with E-state index in [1.165, 1.54) is 0 Å². The van der Waals surface area contributed by atoms with E-state index in [0.717, 1.165) is 57.1 Å². The second-order valence-corrected chi connectivity index (χ2v) is 7.33. The Morgan fingerprint density at radius 3 is 2.55 bits per heavy atom. The van der Waals surface area contributed by atoms with E-state index in [9.17, 15) is 4.79 Å². The van der Waals surface area contributed by atoms with Crippen LogP contribution >= 0.6 is 24.0 Å². The number of ether oxygens (including phenoxy) is 1. The zero-order valence-electron chi connectivity index (χ0n) is 18.0. The Bertz CT molecular complexity index is 646. The standard InChI is InChI=1S/C21H35N5O2.HI/c1-16-14-26(15-17(2)28-16)12-6-10-24-21(23-4)25-11-9-18-7-5-8-19(13-18)20(27)22-3;/h5,7-8,13,16-17H,6,9-12,14-15H2,1-4H3,(H,22,27)(H2,23,24,25);1H. The highest BCUT2D eigenvalue weighted by Crippen LogP contribution is 2.10. The van der Waals surface area contributed by atoms with Crippen molar-refractivity contribution in [2.45, 2.75) is 38.9 Å². The van der Waals surface area contributed by atoms with E-state index >= 15 is 0 Å². The van der Waals surface area contributed by atoms with Gasteiger partial charge in [-0.25, -0.2) is 0 Å². The third kappa shape index (κ3) is 9.31. The fraction of sp³-hybridized carbons (Fsp3) is 0.619. The van der Waals surface area contributed by atoms with Crippen molar-refractivity contribution in [1.29, 1.82) is 0 Å². The number of nitrogens with one attached hydrogen (secondary N) is 3. The molecular formula is C21H36IN5O2. The summed E-state index contributed by atoms with van der Waals surface area (Å²) in [5.41, 5.74) is 1.81. The van der Waals surface area contributed by atoms with E-state index in [-0.39, 0.29) is 29.9 Å². The summed E-state index contributed by atoms with van der Waals surface area (Å²) in [4.78, 5) is 18.5. The maximum absolute atomic E-state index is 11.7. The number of benzene rings is 1.